The quantitative estimate of drug-likeness (QED) is 0.474. The first-order valence-corrected chi connectivity index (χ1v) is 6.32. The van der Waals surface area contributed by atoms with Gasteiger partial charge in [-0.05, 0) is 31.4 Å². The Morgan fingerprint density at radius 1 is 1.43 bits per heavy atom. The van der Waals surface area contributed by atoms with Crippen molar-refractivity contribution in [1.29, 1.82) is 0 Å². The van der Waals surface area contributed by atoms with Crippen LogP contribution in [0.15, 0.2) is 0 Å². The molecule has 14 heavy (non-hydrogen) atoms. The fraction of sp³-hybridized carbons (Fsp3) is 0.889. The minimum atomic E-state index is -0.554. The maximum absolute atomic E-state index is 10.6. The highest BCUT2D eigenvalue weighted by Gasteiger charge is 2.06. The van der Waals surface area contributed by atoms with Crippen LogP contribution in [0.3, 0.4) is 0 Å². The number of amides is 1. The SMILES string of the molecule is CSCCCCCNCC(N)C(N)=O. The van der Waals surface area contributed by atoms with Crippen LogP contribution in [-0.2, 0) is 4.79 Å². The Bertz CT molecular complexity index is 155. The second kappa shape index (κ2) is 9.30. The van der Waals surface area contributed by atoms with E-state index in [4.69, 9.17) is 11.5 Å². The third-order valence-electron chi connectivity index (χ3n) is 1.93. The zero-order valence-electron chi connectivity index (χ0n) is 8.79. The third-order valence-corrected chi connectivity index (χ3v) is 2.63. The highest BCUT2D eigenvalue weighted by Crippen LogP contribution is 2.00. The van der Waals surface area contributed by atoms with E-state index >= 15 is 0 Å². The molecule has 1 atom stereocenters. The lowest BCUT2D eigenvalue weighted by Gasteiger charge is -2.08. The average Bonchev–Trinajstić information content (AvgIpc) is 2.16. The van der Waals surface area contributed by atoms with E-state index in [2.05, 4.69) is 11.6 Å². The van der Waals surface area contributed by atoms with E-state index in [1.807, 2.05) is 11.8 Å². The Hall–Kier alpha value is -0.260. The molecule has 84 valence electrons. The first kappa shape index (κ1) is 13.7. The Morgan fingerprint density at radius 2 is 2.14 bits per heavy atom. The average molecular weight is 219 g/mol. The molecule has 0 aromatic rings. The second-order valence-electron chi connectivity index (χ2n) is 3.27. The van der Waals surface area contributed by atoms with E-state index in [1.54, 1.807) is 0 Å². The summed E-state index contributed by atoms with van der Waals surface area (Å²) >= 11 is 1.87. The van der Waals surface area contributed by atoms with Crippen LogP contribution < -0.4 is 16.8 Å². The number of thioether (sulfide) groups is 1. The van der Waals surface area contributed by atoms with Crippen molar-refractivity contribution in [2.45, 2.75) is 25.3 Å². The van der Waals surface area contributed by atoms with Crippen molar-refractivity contribution >= 4 is 17.7 Å². The molecule has 0 aromatic heterocycles. The molecule has 0 saturated carbocycles. The smallest absolute Gasteiger partial charge is 0.235 e. The van der Waals surface area contributed by atoms with Crippen molar-refractivity contribution in [3.05, 3.63) is 0 Å². The first-order chi connectivity index (χ1) is 6.68. The molecule has 0 radical (unpaired) electrons. The molecular formula is C9H21N3OS. The molecule has 0 aliphatic rings. The van der Waals surface area contributed by atoms with E-state index in [-0.39, 0.29) is 0 Å². The van der Waals surface area contributed by atoms with Crippen LogP contribution in [0.5, 0.6) is 0 Å². The summed E-state index contributed by atoms with van der Waals surface area (Å²) in [5, 5.41) is 3.11. The van der Waals surface area contributed by atoms with Gasteiger partial charge >= 0.3 is 0 Å². The van der Waals surface area contributed by atoms with Gasteiger partial charge in [-0.15, -0.1) is 0 Å². The number of carbonyl (C=O) groups excluding carboxylic acids is 1. The molecule has 0 fully saturated rings. The fourth-order valence-electron chi connectivity index (χ4n) is 1.03. The minimum absolute atomic E-state index is 0.445. The maximum atomic E-state index is 10.6. The summed E-state index contributed by atoms with van der Waals surface area (Å²) in [7, 11) is 0. The number of primary amides is 1. The number of carbonyl (C=O) groups is 1. The summed E-state index contributed by atoms with van der Waals surface area (Å²) in [5.41, 5.74) is 10.4. The van der Waals surface area contributed by atoms with E-state index in [1.165, 1.54) is 18.6 Å². The molecule has 0 saturated heterocycles. The molecular weight excluding hydrogens is 198 g/mol. The van der Waals surface area contributed by atoms with Crippen molar-refractivity contribution in [1.82, 2.24) is 5.32 Å². The molecule has 0 rings (SSSR count). The van der Waals surface area contributed by atoms with Gasteiger partial charge < -0.3 is 16.8 Å². The van der Waals surface area contributed by atoms with Crippen LogP contribution in [0.1, 0.15) is 19.3 Å². The van der Waals surface area contributed by atoms with Gasteiger partial charge in [0.05, 0.1) is 6.04 Å². The normalized spacial score (nSPS) is 12.7. The summed E-state index contributed by atoms with van der Waals surface area (Å²) in [4.78, 5) is 10.6. The highest BCUT2D eigenvalue weighted by atomic mass is 32.2. The van der Waals surface area contributed by atoms with Crippen LogP contribution in [0.25, 0.3) is 0 Å². The van der Waals surface area contributed by atoms with Gasteiger partial charge in [0, 0.05) is 6.54 Å². The Balaban J connectivity index is 3.09. The lowest BCUT2D eigenvalue weighted by atomic mass is 10.2. The van der Waals surface area contributed by atoms with Gasteiger partial charge in [-0.1, -0.05) is 6.42 Å². The Kier molecular flexibility index (Phi) is 9.13. The Morgan fingerprint density at radius 3 is 2.71 bits per heavy atom. The molecule has 5 heteroatoms. The van der Waals surface area contributed by atoms with Crippen molar-refractivity contribution in [3.8, 4) is 0 Å². The molecule has 1 unspecified atom stereocenters. The standard InChI is InChI=1S/C9H21N3OS/c1-14-6-4-2-3-5-12-7-8(10)9(11)13/h8,12H,2-7,10H2,1H3,(H2,11,13). The number of nitrogens with one attached hydrogen (secondary N) is 1. The van der Waals surface area contributed by atoms with E-state index in [0.717, 1.165) is 13.0 Å². The Labute approximate surface area is 90.2 Å². The summed E-state index contributed by atoms with van der Waals surface area (Å²) in [6, 6.07) is -0.554. The number of hydrogen-bond acceptors (Lipinski definition) is 4. The molecule has 0 spiro atoms. The van der Waals surface area contributed by atoms with Crippen LogP contribution in [0.4, 0.5) is 0 Å². The van der Waals surface area contributed by atoms with Gasteiger partial charge in [-0.3, -0.25) is 4.79 Å². The molecule has 0 aromatic carbocycles. The van der Waals surface area contributed by atoms with Crippen molar-refractivity contribution < 1.29 is 4.79 Å². The lowest BCUT2D eigenvalue weighted by Crippen LogP contribution is -2.44. The summed E-state index contributed by atoms with van der Waals surface area (Å²) in [6.45, 7) is 1.40. The molecule has 0 heterocycles. The van der Waals surface area contributed by atoms with Gasteiger partial charge in [-0.2, -0.15) is 11.8 Å². The van der Waals surface area contributed by atoms with E-state index in [9.17, 15) is 4.79 Å². The fourth-order valence-corrected chi connectivity index (χ4v) is 1.52. The largest absolute Gasteiger partial charge is 0.368 e. The molecule has 0 aliphatic carbocycles. The monoisotopic (exact) mass is 219 g/mol. The number of nitrogens with two attached hydrogens (primary N) is 2. The van der Waals surface area contributed by atoms with Gasteiger partial charge in [0.25, 0.3) is 0 Å². The summed E-state index contributed by atoms with van der Waals surface area (Å²) < 4.78 is 0. The lowest BCUT2D eigenvalue weighted by molar-refractivity contribution is -0.119. The summed E-state index contributed by atoms with van der Waals surface area (Å²) in [6.07, 6.45) is 5.72. The topological polar surface area (TPSA) is 81.1 Å². The number of unbranched alkanes of at least 4 members (excludes halogenated alkanes) is 2. The highest BCUT2D eigenvalue weighted by molar-refractivity contribution is 7.98. The van der Waals surface area contributed by atoms with Crippen LogP contribution >= 0.6 is 11.8 Å². The van der Waals surface area contributed by atoms with Crippen molar-refractivity contribution in [3.63, 3.8) is 0 Å². The van der Waals surface area contributed by atoms with Gasteiger partial charge in [-0.25, -0.2) is 0 Å². The predicted molar refractivity (Wildman–Crippen MR) is 62.3 cm³/mol. The minimum Gasteiger partial charge on any atom is -0.368 e. The van der Waals surface area contributed by atoms with Crippen LogP contribution in [0, 0.1) is 0 Å². The third kappa shape index (κ3) is 8.34. The zero-order chi connectivity index (χ0) is 10.8. The molecule has 1 amide bonds. The maximum Gasteiger partial charge on any atom is 0.235 e. The van der Waals surface area contributed by atoms with Crippen molar-refractivity contribution in [2.24, 2.45) is 11.5 Å². The van der Waals surface area contributed by atoms with Gasteiger partial charge in [0.2, 0.25) is 5.91 Å². The summed E-state index contributed by atoms with van der Waals surface area (Å²) in [5.74, 6) is 0.778. The number of rotatable bonds is 9. The molecule has 5 N–H and O–H groups in total. The van der Waals surface area contributed by atoms with Crippen LogP contribution in [-0.4, -0.2) is 37.0 Å². The van der Waals surface area contributed by atoms with E-state index in [0.29, 0.717) is 6.54 Å². The zero-order valence-corrected chi connectivity index (χ0v) is 9.61. The molecule has 0 bridgehead atoms. The van der Waals surface area contributed by atoms with Crippen molar-refractivity contribution in [2.75, 3.05) is 25.1 Å². The van der Waals surface area contributed by atoms with Crippen LogP contribution in [0.2, 0.25) is 0 Å². The second-order valence-corrected chi connectivity index (χ2v) is 4.25. The van der Waals surface area contributed by atoms with Gasteiger partial charge in [0.15, 0.2) is 0 Å². The molecule has 0 aliphatic heterocycles. The van der Waals surface area contributed by atoms with E-state index < -0.39 is 11.9 Å². The molecule has 4 nitrogen and oxygen atoms in total. The number of hydrogen-bond donors (Lipinski definition) is 3. The predicted octanol–water partition coefficient (Wildman–Crippen LogP) is -0.0781. The first-order valence-electron chi connectivity index (χ1n) is 4.93. The van der Waals surface area contributed by atoms with Gasteiger partial charge in [0.1, 0.15) is 0 Å².